The van der Waals surface area contributed by atoms with Gasteiger partial charge in [0.2, 0.25) is 0 Å². The molecular formula is C38H52N2O4. The average molecular weight is 601 g/mol. The van der Waals surface area contributed by atoms with Gasteiger partial charge in [0.1, 0.15) is 11.9 Å². The lowest BCUT2D eigenvalue weighted by atomic mass is 9.51. The average Bonchev–Trinajstić information content (AvgIpc) is 3.36. The second-order valence-electron chi connectivity index (χ2n) is 13.9. The molecule has 2 aromatic rings. The number of unbranched alkanes of at least 4 members (excludes halogenated alkanes) is 5. The van der Waals surface area contributed by atoms with Crippen molar-refractivity contribution in [3.05, 3.63) is 59.2 Å². The van der Waals surface area contributed by atoms with Crippen LogP contribution in [0.15, 0.2) is 42.5 Å². The predicted octanol–water partition coefficient (Wildman–Crippen LogP) is 6.90. The van der Waals surface area contributed by atoms with Crippen LogP contribution in [0.1, 0.15) is 102 Å². The van der Waals surface area contributed by atoms with E-state index >= 15 is 0 Å². The van der Waals surface area contributed by atoms with Crippen LogP contribution in [-0.4, -0.2) is 65.9 Å². The van der Waals surface area contributed by atoms with Gasteiger partial charge in [-0.2, -0.15) is 0 Å². The molecule has 2 bridgehead atoms. The first-order valence-corrected chi connectivity index (χ1v) is 17.4. The summed E-state index contributed by atoms with van der Waals surface area (Å²) in [6.07, 6.45) is 14.1. The van der Waals surface area contributed by atoms with Crippen molar-refractivity contribution in [2.24, 2.45) is 5.92 Å². The maximum atomic E-state index is 12.3. The Bertz CT molecular complexity index is 1310. The van der Waals surface area contributed by atoms with Crippen LogP contribution in [0, 0.1) is 5.92 Å². The molecule has 5 atom stereocenters. The summed E-state index contributed by atoms with van der Waals surface area (Å²) in [4.78, 5) is 29.6. The number of esters is 1. The Labute approximate surface area is 264 Å². The molecule has 1 saturated heterocycles. The number of Topliss-reactive ketones (excluding diaryl/α,β-unsaturated/α-hetero) is 1. The SMILES string of the molecule is CCCCCN(CCCCCCc1ccccc1)[C@@H]1CC[C@H]2[C@H]3Cc4ccc(OC(C)=O)c5c4[C@@]2(CCN3CC(C)=O)[C@H]1O5. The highest BCUT2D eigenvalue weighted by Crippen LogP contribution is 2.64. The molecule has 1 saturated carbocycles. The number of hydrogen-bond acceptors (Lipinski definition) is 6. The predicted molar refractivity (Wildman–Crippen MR) is 174 cm³/mol. The molecule has 2 fully saturated rings. The molecule has 238 valence electrons. The van der Waals surface area contributed by atoms with E-state index in [0.717, 1.165) is 57.5 Å². The molecule has 0 N–H and O–H groups in total. The Morgan fingerprint density at radius 2 is 1.75 bits per heavy atom. The van der Waals surface area contributed by atoms with E-state index in [-0.39, 0.29) is 23.3 Å². The minimum absolute atomic E-state index is 0.0497. The van der Waals surface area contributed by atoms with Crippen molar-refractivity contribution in [2.75, 3.05) is 26.2 Å². The van der Waals surface area contributed by atoms with Gasteiger partial charge in [0.05, 0.1) is 6.54 Å². The van der Waals surface area contributed by atoms with Crippen LogP contribution in [-0.2, 0) is 27.8 Å². The lowest BCUT2D eigenvalue weighted by Crippen LogP contribution is -2.69. The molecule has 4 aliphatic rings. The molecule has 6 heteroatoms. The van der Waals surface area contributed by atoms with E-state index in [1.54, 1.807) is 6.92 Å². The molecular weight excluding hydrogens is 548 g/mol. The number of likely N-dealkylation sites (tertiary alicyclic amines) is 1. The molecule has 6 nitrogen and oxygen atoms in total. The fourth-order valence-electron chi connectivity index (χ4n) is 9.33. The van der Waals surface area contributed by atoms with Gasteiger partial charge in [-0.1, -0.05) is 69.0 Å². The molecule has 0 amide bonds. The lowest BCUT2D eigenvalue weighted by Gasteiger charge is -2.60. The van der Waals surface area contributed by atoms with E-state index in [1.807, 2.05) is 6.07 Å². The summed E-state index contributed by atoms with van der Waals surface area (Å²) in [5.41, 5.74) is 4.00. The van der Waals surface area contributed by atoms with Crippen LogP contribution >= 0.6 is 0 Å². The number of nitrogens with zero attached hydrogens (tertiary/aromatic N) is 2. The molecule has 6 rings (SSSR count). The molecule has 2 aliphatic carbocycles. The highest BCUT2D eigenvalue weighted by Gasteiger charge is 2.66. The van der Waals surface area contributed by atoms with Crippen LogP contribution in [0.2, 0.25) is 0 Å². The van der Waals surface area contributed by atoms with Crippen molar-refractivity contribution in [1.29, 1.82) is 0 Å². The second-order valence-corrected chi connectivity index (χ2v) is 13.9. The third-order valence-electron chi connectivity index (χ3n) is 11.1. The van der Waals surface area contributed by atoms with Gasteiger partial charge in [0.25, 0.3) is 0 Å². The number of rotatable bonds is 15. The molecule has 2 heterocycles. The Morgan fingerprint density at radius 1 is 0.977 bits per heavy atom. The molecule has 2 aromatic carbocycles. The van der Waals surface area contributed by atoms with Gasteiger partial charge in [0.15, 0.2) is 11.5 Å². The first-order valence-electron chi connectivity index (χ1n) is 17.4. The van der Waals surface area contributed by atoms with E-state index in [2.05, 4.69) is 53.1 Å². The summed E-state index contributed by atoms with van der Waals surface area (Å²) in [7, 11) is 0. The summed E-state index contributed by atoms with van der Waals surface area (Å²) < 4.78 is 12.9. The summed E-state index contributed by atoms with van der Waals surface area (Å²) >= 11 is 0. The van der Waals surface area contributed by atoms with Gasteiger partial charge in [-0.15, -0.1) is 0 Å². The van der Waals surface area contributed by atoms with Crippen LogP contribution in [0.5, 0.6) is 11.5 Å². The fourth-order valence-corrected chi connectivity index (χ4v) is 9.33. The lowest BCUT2D eigenvalue weighted by molar-refractivity contribution is -0.132. The summed E-state index contributed by atoms with van der Waals surface area (Å²) in [5, 5.41) is 0. The van der Waals surface area contributed by atoms with Gasteiger partial charge in [-0.05, 0) is 101 Å². The zero-order chi connectivity index (χ0) is 30.7. The Morgan fingerprint density at radius 3 is 2.50 bits per heavy atom. The number of carbonyl (C=O) groups excluding carboxylic acids is 2. The van der Waals surface area contributed by atoms with Crippen molar-refractivity contribution >= 4 is 11.8 Å². The number of carbonyl (C=O) groups is 2. The molecule has 0 radical (unpaired) electrons. The summed E-state index contributed by atoms with van der Waals surface area (Å²) in [5.74, 6) is 1.80. The maximum Gasteiger partial charge on any atom is 0.308 e. The van der Waals surface area contributed by atoms with Gasteiger partial charge in [-0.3, -0.25) is 19.4 Å². The quantitative estimate of drug-likeness (QED) is 0.126. The van der Waals surface area contributed by atoms with Crippen molar-refractivity contribution in [1.82, 2.24) is 9.80 Å². The maximum absolute atomic E-state index is 12.3. The van der Waals surface area contributed by atoms with Gasteiger partial charge in [-0.25, -0.2) is 0 Å². The molecule has 0 unspecified atom stereocenters. The van der Waals surface area contributed by atoms with E-state index in [1.165, 1.54) is 68.6 Å². The van der Waals surface area contributed by atoms with Gasteiger partial charge >= 0.3 is 5.97 Å². The number of benzene rings is 2. The van der Waals surface area contributed by atoms with E-state index < -0.39 is 0 Å². The Balaban J connectivity index is 1.24. The highest BCUT2D eigenvalue weighted by atomic mass is 16.6. The monoisotopic (exact) mass is 600 g/mol. The first kappa shape index (κ1) is 31.3. The van der Waals surface area contributed by atoms with E-state index in [4.69, 9.17) is 9.47 Å². The van der Waals surface area contributed by atoms with Crippen molar-refractivity contribution in [2.45, 2.75) is 121 Å². The molecule has 0 aromatic heterocycles. The van der Waals surface area contributed by atoms with E-state index in [9.17, 15) is 9.59 Å². The van der Waals surface area contributed by atoms with Crippen LogP contribution in [0.25, 0.3) is 0 Å². The molecule has 2 aliphatic heterocycles. The largest absolute Gasteiger partial charge is 0.484 e. The van der Waals surface area contributed by atoms with Crippen LogP contribution in [0.4, 0.5) is 0 Å². The minimum atomic E-state index is -0.302. The Hall–Kier alpha value is -2.70. The summed E-state index contributed by atoms with van der Waals surface area (Å²) in [6.45, 7) is 9.16. The highest BCUT2D eigenvalue weighted by molar-refractivity contribution is 5.78. The second kappa shape index (κ2) is 13.7. The van der Waals surface area contributed by atoms with Crippen molar-refractivity contribution < 1.29 is 19.1 Å². The summed E-state index contributed by atoms with van der Waals surface area (Å²) in [6, 6.07) is 15.7. The van der Waals surface area contributed by atoms with Crippen molar-refractivity contribution in [3.63, 3.8) is 0 Å². The topological polar surface area (TPSA) is 59.1 Å². The third-order valence-corrected chi connectivity index (χ3v) is 11.1. The van der Waals surface area contributed by atoms with Crippen molar-refractivity contribution in [3.8, 4) is 11.5 Å². The number of piperidine rings is 1. The number of ether oxygens (including phenoxy) is 2. The van der Waals surface area contributed by atoms with Gasteiger partial charge < -0.3 is 9.47 Å². The normalized spacial score (nSPS) is 26.7. The standard InChI is InChI=1S/C38H52N2O4/c1-4-5-12-22-39(23-13-7-6-9-14-29-15-10-8-11-16-29)32-19-18-31-33-25-30-17-20-34(43-28(3)42)36-35(30)38(31,37(32)44-36)21-24-40(33)26-27(2)41/h8,10-11,15-17,20,31-33,37H,4-7,9,12-14,18-19,21-26H2,1-3H3/t31-,32+,33+,37-,38-/m0/s1. The minimum Gasteiger partial charge on any atom is -0.484 e. The first-order chi connectivity index (χ1) is 21.4. The smallest absolute Gasteiger partial charge is 0.308 e. The van der Waals surface area contributed by atoms with Crippen LogP contribution < -0.4 is 9.47 Å². The Kier molecular flexibility index (Phi) is 9.77. The zero-order valence-electron chi connectivity index (χ0n) is 27.2. The molecule has 44 heavy (non-hydrogen) atoms. The zero-order valence-corrected chi connectivity index (χ0v) is 27.2. The number of ketones is 1. The number of aryl methyl sites for hydroxylation is 1. The third kappa shape index (κ3) is 6.09. The van der Waals surface area contributed by atoms with Crippen LogP contribution in [0.3, 0.4) is 0 Å². The molecule has 1 spiro atoms. The van der Waals surface area contributed by atoms with Gasteiger partial charge in [0, 0.05) is 30.0 Å². The number of hydrogen-bond donors (Lipinski definition) is 0. The van der Waals surface area contributed by atoms with E-state index in [0.29, 0.717) is 30.3 Å². The fraction of sp³-hybridized carbons (Fsp3) is 0.632.